The van der Waals surface area contributed by atoms with E-state index in [9.17, 15) is 4.79 Å². The molecule has 0 bridgehead atoms. The molecule has 1 heterocycles. The van der Waals surface area contributed by atoms with Crippen molar-refractivity contribution in [2.24, 2.45) is 0 Å². The molecule has 1 unspecified atom stereocenters. The highest BCUT2D eigenvalue weighted by Crippen LogP contribution is 2.23. The van der Waals surface area contributed by atoms with E-state index in [4.69, 9.17) is 27.4 Å². The summed E-state index contributed by atoms with van der Waals surface area (Å²) in [4.78, 5) is 12.4. The number of anilines is 1. The average Bonchev–Trinajstić information content (AvgIpc) is 3.07. The Kier molecular flexibility index (Phi) is 6.59. The Balaban J connectivity index is 1.58. The first-order chi connectivity index (χ1) is 14.0. The molecule has 3 aromatic rings. The molecule has 1 atom stereocenters. The fourth-order valence-electron chi connectivity index (χ4n) is 2.29. The first-order valence-electron chi connectivity index (χ1n) is 8.51. The molecule has 0 radical (unpaired) electrons. The molecule has 1 aromatic heterocycles. The number of aromatic nitrogens is 3. The van der Waals surface area contributed by atoms with Gasteiger partial charge in [0, 0.05) is 10.7 Å². The second-order valence-corrected chi connectivity index (χ2v) is 7.70. The van der Waals surface area contributed by atoms with E-state index in [2.05, 4.69) is 15.5 Å². The monoisotopic (exact) mass is 428 g/mol. The number of hydrogen-bond donors (Lipinski definition) is 2. The summed E-state index contributed by atoms with van der Waals surface area (Å²) in [5.74, 6) is 6.83. The number of ether oxygens (including phenoxy) is 1. The van der Waals surface area contributed by atoms with Crippen LogP contribution >= 0.6 is 23.4 Å². The number of carbonyl (C=O) groups is 1. The number of nitrogens with zero attached hydrogens (tertiary/aromatic N) is 4. The number of benzene rings is 2. The van der Waals surface area contributed by atoms with Crippen LogP contribution in [0.25, 0.3) is 0 Å². The maximum absolute atomic E-state index is 12.4. The number of nitrogen functional groups attached to an aromatic ring is 1. The Morgan fingerprint density at radius 3 is 2.83 bits per heavy atom. The third kappa shape index (κ3) is 5.40. The molecule has 29 heavy (non-hydrogen) atoms. The summed E-state index contributed by atoms with van der Waals surface area (Å²) in [6.45, 7) is 1.85. The van der Waals surface area contributed by atoms with Crippen LogP contribution in [0.2, 0.25) is 5.02 Å². The van der Waals surface area contributed by atoms with Gasteiger partial charge in [0.1, 0.15) is 12.4 Å². The van der Waals surface area contributed by atoms with E-state index in [0.29, 0.717) is 33.0 Å². The van der Waals surface area contributed by atoms with Crippen LogP contribution in [-0.2, 0) is 11.4 Å². The maximum Gasteiger partial charge on any atom is 0.237 e. The topological polar surface area (TPSA) is 119 Å². The molecule has 0 spiro atoms. The molecule has 0 aliphatic heterocycles. The van der Waals surface area contributed by atoms with Crippen molar-refractivity contribution in [3.05, 3.63) is 64.9 Å². The summed E-state index contributed by atoms with van der Waals surface area (Å²) >= 11 is 7.01. The molecule has 8 nitrogen and oxygen atoms in total. The lowest BCUT2D eigenvalue weighted by Gasteiger charge is -2.12. The van der Waals surface area contributed by atoms with E-state index in [1.807, 2.05) is 6.07 Å². The van der Waals surface area contributed by atoms with Gasteiger partial charge < -0.3 is 15.9 Å². The van der Waals surface area contributed by atoms with E-state index < -0.39 is 5.25 Å². The predicted molar refractivity (Wildman–Crippen MR) is 111 cm³/mol. The summed E-state index contributed by atoms with van der Waals surface area (Å²) in [5, 5.41) is 20.3. The maximum atomic E-state index is 12.4. The Morgan fingerprint density at radius 1 is 1.34 bits per heavy atom. The van der Waals surface area contributed by atoms with E-state index in [1.165, 1.54) is 16.4 Å². The van der Waals surface area contributed by atoms with Crippen LogP contribution < -0.4 is 15.9 Å². The third-order valence-corrected chi connectivity index (χ3v) is 5.14. The SMILES string of the molecule is CC(Sc1nnc(COc2ccc(Cl)cc2)n1N)C(=O)Nc1cccc(C#N)c1. The molecule has 0 saturated heterocycles. The lowest BCUT2D eigenvalue weighted by atomic mass is 10.2. The van der Waals surface area contributed by atoms with Gasteiger partial charge in [-0.1, -0.05) is 29.4 Å². The van der Waals surface area contributed by atoms with E-state index in [1.54, 1.807) is 55.5 Å². The smallest absolute Gasteiger partial charge is 0.237 e. The molecule has 0 aliphatic rings. The van der Waals surface area contributed by atoms with Crippen LogP contribution in [0.5, 0.6) is 5.75 Å². The lowest BCUT2D eigenvalue weighted by molar-refractivity contribution is -0.115. The molecule has 3 N–H and O–H groups in total. The van der Waals surface area contributed by atoms with Crippen molar-refractivity contribution in [1.82, 2.24) is 14.9 Å². The number of nitriles is 1. The summed E-state index contributed by atoms with van der Waals surface area (Å²) in [7, 11) is 0. The first kappa shape index (κ1) is 20.5. The molecular weight excluding hydrogens is 412 g/mol. The minimum absolute atomic E-state index is 0.118. The van der Waals surface area contributed by atoms with Crippen LogP contribution in [0.4, 0.5) is 5.69 Å². The molecule has 0 aliphatic carbocycles. The second-order valence-electron chi connectivity index (χ2n) is 5.95. The zero-order chi connectivity index (χ0) is 20.8. The summed E-state index contributed by atoms with van der Waals surface area (Å²) < 4.78 is 6.91. The molecule has 3 rings (SSSR count). The van der Waals surface area contributed by atoms with Gasteiger partial charge in [-0.3, -0.25) is 4.79 Å². The standard InChI is InChI=1S/C19H17ClN6O2S/c1-12(18(27)23-15-4-2-3-13(9-15)10-21)29-19-25-24-17(26(19)22)11-28-16-7-5-14(20)6-8-16/h2-9,12H,11,22H2,1H3,(H,23,27). The predicted octanol–water partition coefficient (Wildman–Crippen LogP) is 3.22. The van der Waals surface area contributed by atoms with Crippen molar-refractivity contribution in [3.8, 4) is 11.8 Å². The number of carbonyl (C=O) groups excluding carboxylic acids is 1. The fourth-order valence-corrected chi connectivity index (χ4v) is 3.20. The number of halogens is 1. The Morgan fingerprint density at radius 2 is 2.10 bits per heavy atom. The zero-order valence-electron chi connectivity index (χ0n) is 15.4. The number of nitrogens with one attached hydrogen (secondary N) is 1. The van der Waals surface area contributed by atoms with Crippen LogP contribution in [0, 0.1) is 11.3 Å². The molecule has 0 fully saturated rings. The summed E-state index contributed by atoms with van der Waals surface area (Å²) in [5.41, 5.74) is 1.02. The minimum Gasteiger partial charge on any atom is -0.486 e. The van der Waals surface area contributed by atoms with Gasteiger partial charge in [0.2, 0.25) is 11.1 Å². The lowest BCUT2D eigenvalue weighted by Crippen LogP contribution is -2.24. The number of hydrogen-bond acceptors (Lipinski definition) is 7. The van der Waals surface area contributed by atoms with E-state index >= 15 is 0 Å². The number of amides is 1. The fraction of sp³-hybridized carbons (Fsp3) is 0.158. The Bertz CT molecular complexity index is 1050. The normalized spacial score (nSPS) is 11.5. The molecular formula is C19H17ClN6O2S. The third-order valence-electron chi connectivity index (χ3n) is 3.83. The number of thioether (sulfide) groups is 1. The van der Waals surface area contributed by atoms with Crippen LogP contribution in [0.15, 0.2) is 53.7 Å². The summed E-state index contributed by atoms with van der Waals surface area (Å²) in [6.07, 6.45) is 0. The Hall–Kier alpha value is -3.22. The van der Waals surface area contributed by atoms with Crippen molar-refractivity contribution in [2.45, 2.75) is 23.9 Å². The van der Waals surface area contributed by atoms with Crippen molar-refractivity contribution in [2.75, 3.05) is 11.2 Å². The van der Waals surface area contributed by atoms with Gasteiger partial charge in [-0.25, -0.2) is 4.68 Å². The van der Waals surface area contributed by atoms with Gasteiger partial charge in [0.15, 0.2) is 5.82 Å². The molecule has 1 amide bonds. The number of nitrogens with two attached hydrogens (primary N) is 1. The van der Waals surface area contributed by atoms with E-state index in [0.717, 1.165) is 0 Å². The quantitative estimate of drug-likeness (QED) is 0.438. The van der Waals surface area contributed by atoms with Gasteiger partial charge in [0.05, 0.1) is 16.9 Å². The van der Waals surface area contributed by atoms with Crippen LogP contribution in [0.1, 0.15) is 18.3 Å². The highest BCUT2D eigenvalue weighted by atomic mass is 35.5. The van der Waals surface area contributed by atoms with Crippen molar-refractivity contribution < 1.29 is 9.53 Å². The van der Waals surface area contributed by atoms with E-state index in [-0.39, 0.29) is 12.5 Å². The average molecular weight is 429 g/mol. The molecule has 2 aromatic carbocycles. The van der Waals surface area contributed by atoms with Crippen molar-refractivity contribution in [3.63, 3.8) is 0 Å². The van der Waals surface area contributed by atoms with Crippen molar-refractivity contribution >= 4 is 35.0 Å². The zero-order valence-corrected chi connectivity index (χ0v) is 16.9. The molecule has 0 saturated carbocycles. The van der Waals surface area contributed by atoms with Crippen LogP contribution in [-0.4, -0.2) is 26.0 Å². The van der Waals surface area contributed by atoms with Gasteiger partial charge >= 0.3 is 0 Å². The van der Waals surface area contributed by atoms with Gasteiger partial charge in [0.25, 0.3) is 0 Å². The van der Waals surface area contributed by atoms with Gasteiger partial charge in [-0.15, -0.1) is 10.2 Å². The highest BCUT2D eigenvalue weighted by molar-refractivity contribution is 8.00. The van der Waals surface area contributed by atoms with Crippen LogP contribution in [0.3, 0.4) is 0 Å². The van der Waals surface area contributed by atoms with Gasteiger partial charge in [-0.2, -0.15) is 5.26 Å². The van der Waals surface area contributed by atoms with Gasteiger partial charge in [-0.05, 0) is 49.4 Å². The first-order valence-corrected chi connectivity index (χ1v) is 9.77. The minimum atomic E-state index is -0.489. The second kappa shape index (κ2) is 9.32. The molecule has 10 heteroatoms. The summed E-state index contributed by atoms with van der Waals surface area (Å²) in [6, 6.07) is 15.6. The largest absolute Gasteiger partial charge is 0.486 e. The van der Waals surface area contributed by atoms with Crippen molar-refractivity contribution in [1.29, 1.82) is 5.26 Å². The Labute approximate surface area is 176 Å². The molecule has 148 valence electrons. The number of rotatable bonds is 7. The highest BCUT2D eigenvalue weighted by Gasteiger charge is 2.20.